The number of hydrogen-bond donors (Lipinski definition) is 1. The second kappa shape index (κ2) is 4.80. The first-order chi connectivity index (χ1) is 9.60. The minimum atomic E-state index is -0.588. The molecule has 2 amide bonds. The van der Waals surface area contributed by atoms with Gasteiger partial charge in [-0.05, 0) is 31.0 Å². The summed E-state index contributed by atoms with van der Waals surface area (Å²) in [6.45, 7) is 0. The van der Waals surface area contributed by atoms with Crippen LogP contribution in [0.3, 0.4) is 0 Å². The number of rotatable bonds is 3. The van der Waals surface area contributed by atoms with Crippen LogP contribution >= 0.6 is 11.6 Å². The minimum Gasteiger partial charge on any atom is -0.372 e. The maximum absolute atomic E-state index is 12.2. The molecule has 1 heterocycles. The van der Waals surface area contributed by atoms with E-state index in [0.29, 0.717) is 16.3 Å². The van der Waals surface area contributed by atoms with E-state index < -0.39 is 6.04 Å². The van der Waals surface area contributed by atoms with Crippen molar-refractivity contribution in [2.24, 2.45) is 0 Å². The average molecular weight is 290 g/mol. The van der Waals surface area contributed by atoms with Crippen LogP contribution in [0, 0.1) is 11.3 Å². The van der Waals surface area contributed by atoms with Gasteiger partial charge in [0.15, 0.2) is 0 Å². The molecule has 1 N–H and O–H groups in total. The second-order valence-corrected chi connectivity index (χ2v) is 5.45. The van der Waals surface area contributed by atoms with Crippen molar-refractivity contribution in [3.8, 4) is 6.07 Å². The van der Waals surface area contributed by atoms with E-state index in [2.05, 4.69) is 5.32 Å². The van der Waals surface area contributed by atoms with Crippen molar-refractivity contribution < 1.29 is 9.59 Å². The summed E-state index contributed by atoms with van der Waals surface area (Å²) in [7, 11) is 0. The molecular weight excluding hydrogens is 278 g/mol. The summed E-state index contributed by atoms with van der Waals surface area (Å²) >= 11 is 6.05. The standard InChI is InChI=1S/C14H12ClN3O2/c15-10-4-1-8(7-16)5-11(10)17-12-6-13(19)18(14(12)20)9-2-3-9/h1,4-5,9,12,17H,2-3,6H2. The Balaban J connectivity index is 1.80. The second-order valence-electron chi connectivity index (χ2n) is 5.04. The first-order valence-corrected chi connectivity index (χ1v) is 6.80. The number of likely N-dealkylation sites (tertiary alicyclic amines) is 1. The molecule has 0 bridgehead atoms. The summed E-state index contributed by atoms with van der Waals surface area (Å²) in [5.74, 6) is -0.335. The van der Waals surface area contributed by atoms with Crippen LogP contribution in [0.25, 0.3) is 0 Å². The Bertz CT molecular complexity index is 634. The maximum Gasteiger partial charge on any atom is 0.252 e. The number of imide groups is 1. The molecule has 0 radical (unpaired) electrons. The molecule has 1 saturated heterocycles. The van der Waals surface area contributed by atoms with Gasteiger partial charge in [-0.25, -0.2) is 0 Å². The lowest BCUT2D eigenvalue weighted by Crippen LogP contribution is -2.36. The van der Waals surface area contributed by atoms with Gasteiger partial charge >= 0.3 is 0 Å². The third-order valence-corrected chi connectivity index (χ3v) is 3.85. The van der Waals surface area contributed by atoms with E-state index in [-0.39, 0.29) is 24.3 Å². The van der Waals surface area contributed by atoms with Gasteiger partial charge in [0.1, 0.15) is 6.04 Å². The van der Waals surface area contributed by atoms with Crippen LogP contribution in [0.1, 0.15) is 24.8 Å². The van der Waals surface area contributed by atoms with Crippen molar-refractivity contribution in [3.05, 3.63) is 28.8 Å². The zero-order valence-electron chi connectivity index (χ0n) is 10.6. The van der Waals surface area contributed by atoms with Crippen LogP contribution in [0.2, 0.25) is 5.02 Å². The number of benzene rings is 1. The Morgan fingerprint density at radius 2 is 2.10 bits per heavy atom. The summed E-state index contributed by atoms with van der Waals surface area (Å²) in [6, 6.07) is 6.30. The van der Waals surface area contributed by atoms with E-state index in [1.165, 1.54) is 4.90 Å². The predicted molar refractivity (Wildman–Crippen MR) is 73.1 cm³/mol. The Morgan fingerprint density at radius 3 is 2.75 bits per heavy atom. The minimum absolute atomic E-state index is 0.0858. The topological polar surface area (TPSA) is 73.2 Å². The molecule has 20 heavy (non-hydrogen) atoms. The van der Waals surface area contributed by atoms with Crippen LogP contribution in [0.4, 0.5) is 5.69 Å². The summed E-state index contributed by atoms with van der Waals surface area (Å²) in [5, 5.41) is 12.3. The molecule has 102 valence electrons. The van der Waals surface area contributed by atoms with Crippen molar-refractivity contribution in [2.75, 3.05) is 5.32 Å². The van der Waals surface area contributed by atoms with E-state index in [0.717, 1.165) is 12.8 Å². The molecule has 1 atom stereocenters. The van der Waals surface area contributed by atoms with Crippen molar-refractivity contribution >= 4 is 29.1 Å². The highest BCUT2D eigenvalue weighted by molar-refractivity contribution is 6.33. The van der Waals surface area contributed by atoms with Gasteiger partial charge in [-0.1, -0.05) is 11.6 Å². The molecular formula is C14H12ClN3O2. The van der Waals surface area contributed by atoms with Crippen molar-refractivity contribution in [3.63, 3.8) is 0 Å². The van der Waals surface area contributed by atoms with E-state index in [4.69, 9.17) is 16.9 Å². The molecule has 0 aromatic heterocycles. The SMILES string of the molecule is N#Cc1ccc(Cl)c(NC2CC(=O)N(C3CC3)C2=O)c1. The molecule has 1 aromatic carbocycles. The molecule has 2 fully saturated rings. The van der Waals surface area contributed by atoms with Gasteiger partial charge < -0.3 is 5.32 Å². The van der Waals surface area contributed by atoms with Crippen LogP contribution in [-0.4, -0.2) is 28.8 Å². The fraction of sp³-hybridized carbons (Fsp3) is 0.357. The Morgan fingerprint density at radius 1 is 1.35 bits per heavy atom. The van der Waals surface area contributed by atoms with Gasteiger partial charge in [-0.3, -0.25) is 14.5 Å². The van der Waals surface area contributed by atoms with Gasteiger partial charge in [0.2, 0.25) is 5.91 Å². The molecule has 5 nitrogen and oxygen atoms in total. The molecule has 1 aliphatic carbocycles. The fourth-order valence-corrected chi connectivity index (χ4v) is 2.55. The van der Waals surface area contributed by atoms with Crippen LogP contribution < -0.4 is 5.32 Å². The molecule has 6 heteroatoms. The van der Waals surface area contributed by atoms with Gasteiger partial charge in [0.25, 0.3) is 5.91 Å². The number of amides is 2. The summed E-state index contributed by atoms with van der Waals surface area (Å²) in [5.41, 5.74) is 0.960. The predicted octanol–water partition coefficient (Wildman–Crippen LogP) is 1.91. The lowest BCUT2D eigenvalue weighted by Gasteiger charge is -2.16. The highest BCUT2D eigenvalue weighted by atomic mass is 35.5. The fourth-order valence-electron chi connectivity index (χ4n) is 2.37. The maximum atomic E-state index is 12.2. The van der Waals surface area contributed by atoms with E-state index in [1.54, 1.807) is 18.2 Å². The number of anilines is 1. The number of nitriles is 1. The molecule has 3 rings (SSSR count). The molecule has 2 aliphatic rings. The number of nitrogens with zero attached hydrogens (tertiary/aromatic N) is 2. The number of carbonyl (C=O) groups is 2. The molecule has 1 aromatic rings. The highest BCUT2D eigenvalue weighted by Crippen LogP contribution is 2.33. The highest BCUT2D eigenvalue weighted by Gasteiger charge is 2.46. The Hall–Kier alpha value is -2.06. The number of hydrogen-bond acceptors (Lipinski definition) is 4. The van der Waals surface area contributed by atoms with Gasteiger partial charge in [-0.2, -0.15) is 5.26 Å². The number of nitrogens with one attached hydrogen (secondary N) is 1. The Kier molecular flexibility index (Phi) is 3.11. The summed E-state index contributed by atoms with van der Waals surface area (Å²) in [6.07, 6.45) is 1.94. The molecule has 1 saturated carbocycles. The van der Waals surface area contributed by atoms with Gasteiger partial charge in [-0.15, -0.1) is 0 Å². The third-order valence-electron chi connectivity index (χ3n) is 3.52. The lowest BCUT2D eigenvalue weighted by molar-refractivity contribution is -0.139. The molecule has 1 unspecified atom stereocenters. The smallest absolute Gasteiger partial charge is 0.252 e. The average Bonchev–Trinajstić information content (AvgIpc) is 3.21. The van der Waals surface area contributed by atoms with Crippen molar-refractivity contribution in [1.82, 2.24) is 4.90 Å². The number of carbonyl (C=O) groups excluding carboxylic acids is 2. The lowest BCUT2D eigenvalue weighted by atomic mass is 10.2. The van der Waals surface area contributed by atoms with E-state index in [9.17, 15) is 9.59 Å². The zero-order valence-corrected chi connectivity index (χ0v) is 11.4. The quantitative estimate of drug-likeness (QED) is 0.863. The number of halogens is 1. The molecule has 1 aliphatic heterocycles. The normalized spacial score (nSPS) is 22.0. The van der Waals surface area contributed by atoms with Crippen LogP contribution in [0.15, 0.2) is 18.2 Å². The first kappa shape index (κ1) is 12.9. The largest absolute Gasteiger partial charge is 0.372 e. The van der Waals surface area contributed by atoms with E-state index >= 15 is 0 Å². The molecule has 0 spiro atoms. The van der Waals surface area contributed by atoms with Crippen molar-refractivity contribution in [1.29, 1.82) is 5.26 Å². The van der Waals surface area contributed by atoms with Crippen molar-refractivity contribution in [2.45, 2.75) is 31.3 Å². The van der Waals surface area contributed by atoms with Crippen LogP contribution in [-0.2, 0) is 9.59 Å². The third kappa shape index (κ3) is 2.23. The first-order valence-electron chi connectivity index (χ1n) is 6.42. The monoisotopic (exact) mass is 289 g/mol. The van der Waals surface area contributed by atoms with Gasteiger partial charge in [0, 0.05) is 6.04 Å². The van der Waals surface area contributed by atoms with Gasteiger partial charge in [0.05, 0.1) is 28.8 Å². The van der Waals surface area contributed by atoms with E-state index in [1.807, 2.05) is 6.07 Å². The summed E-state index contributed by atoms with van der Waals surface area (Å²) < 4.78 is 0. The Labute approximate surface area is 121 Å². The zero-order chi connectivity index (χ0) is 14.3. The van der Waals surface area contributed by atoms with Crippen LogP contribution in [0.5, 0.6) is 0 Å². The summed E-state index contributed by atoms with van der Waals surface area (Å²) in [4.78, 5) is 25.4.